The Hall–Kier alpha value is 0.580. The highest BCUT2D eigenvalue weighted by molar-refractivity contribution is 5.85. The molecule has 0 aromatic heterocycles. The second-order valence-corrected chi connectivity index (χ2v) is 5.72. The summed E-state index contributed by atoms with van der Waals surface area (Å²) in [6.07, 6.45) is 17.5. The molecule has 18 heavy (non-hydrogen) atoms. The van der Waals surface area contributed by atoms with Crippen molar-refractivity contribution in [2.75, 3.05) is 0 Å². The van der Waals surface area contributed by atoms with Gasteiger partial charge in [0.05, 0.1) is 0 Å². The fourth-order valence-electron chi connectivity index (χ4n) is 2.22. The van der Waals surface area contributed by atoms with Gasteiger partial charge in [0.1, 0.15) is 0 Å². The average Bonchev–Trinajstić information content (AvgIpc) is 2.25. The van der Waals surface area contributed by atoms with E-state index >= 15 is 0 Å². The van der Waals surface area contributed by atoms with Crippen LogP contribution in [0.3, 0.4) is 0 Å². The van der Waals surface area contributed by atoms with Crippen LogP contribution in [-0.4, -0.2) is 0 Å². The first kappa shape index (κ1) is 23.7. The van der Waals surface area contributed by atoms with Crippen molar-refractivity contribution in [2.45, 2.75) is 97.8 Å². The Labute approximate surface area is 129 Å². The molecule has 0 aliphatic rings. The third kappa shape index (κ3) is 21.8. The van der Waals surface area contributed by atoms with E-state index in [9.17, 15) is 0 Å². The third-order valence-electron chi connectivity index (χ3n) is 3.39. The van der Waals surface area contributed by atoms with Gasteiger partial charge in [-0.05, 0) is 5.92 Å². The summed E-state index contributed by atoms with van der Waals surface area (Å²) in [5.74, 6) is 0.901. The molecule has 0 atom stereocenters. The lowest BCUT2D eigenvalue weighted by atomic mass is 10.0. The molecule has 0 amide bonds. The Balaban J connectivity index is -0.00000112. The van der Waals surface area contributed by atoms with Gasteiger partial charge in [0, 0.05) is 0 Å². The van der Waals surface area contributed by atoms with Crippen LogP contribution in [0.15, 0.2) is 0 Å². The minimum Gasteiger partial charge on any atom is -0.147 e. The topological polar surface area (TPSA) is 0 Å². The fourth-order valence-corrected chi connectivity index (χ4v) is 2.22. The zero-order chi connectivity index (χ0) is 12.1. The summed E-state index contributed by atoms with van der Waals surface area (Å²) in [6.45, 7) is 6.95. The van der Waals surface area contributed by atoms with Crippen LogP contribution in [-0.2, 0) is 0 Å². The summed E-state index contributed by atoms with van der Waals surface area (Å²) in [4.78, 5) is 0. The highest BCUT2D eigenvalue weighted by atomic mass is 35.5. The molecule has 2 heteroatoms. The molecule has 0 saturated carbocycles. The van der Waals surface area contributed by atoms with Crippen molar-refractivity contribution in [1.29, 1.82) is 0 Å². The molecule has 0 heterocycles. The van der Waals surface area contributed by atoms with E-state index in [0.29, 0.717) is 0 Å². The Bertz CT molecular complexity index is 124. The number of unbranched alkanes of at least 4 members (excludes halogenated alkanes) is 10. The summed E-state index contributed by atoms with van der Waals surface area (Å²) in [6, 6.07) is 0. The lowest BCUT2D eigenvalue weighted by Crippen LogP contribution is -1.87. The molecular formula is C16H36Cl2. The molecule has 114 valence electrons. The molecule has 0 aromatic rings. The molecular weight excluding hydrogens is 263 g/mol. The van der Waals surface area contributed by atoms with E-state index < -0.39 is 0 Å². The first-order chi connectivity index (χ1) is 7.77. The normalized spacial score (nSPS) is 10.0. The molecule has 0 spiro atoms. The molecule has 0 unspecified atom stereocenters. The van der Waals surface area contributed by atoms with E-state index in [4.69, 9.17) is 0 Å². The first-order valence-corrected chi connectivity index (χ1v) is 7.77. The van der Waals surface area contributed by atoms with E-state index in [0.717, 1.165) is 5.92 Å². The van der Waals surface area contributed by atoms with Crippen LogP contribution in [0.25, 0.3) is 0 Å². The van der Waals surface area contributed by atoms with E-state index in [1.807, 2.05) is 0 Å². The summed E-state index contributed by atoms with van der Waals surface area (Å²) in [7, 11) is 0. The van der Waals surface area contributed by atoms with Crippen molar-refractivity contribution in [1.82, 2.24) is 0 Å². The Morgan fingerprint density at radius 2 is 0.889 bits per heavy atom. The maximum Gasteiger partial charge on any atom is -0.0471 e. The molecule has 0 bridgehead atoms. The second-order valence-electron chi connectivity index (χ2n) is 5.72. The first-order valence-electron chi connectivity index (χ1n) is 7.77. The standard InChI is InChI=1S/C16H34.2ClH/c1-4-5-6-7-8-9-10-11-12-13-14-15-16(2)3;;/h16H,4-15H2,1-3H3;2*1H. The summed E-state index contributed by atoms with van der Waals surface area (Å²) < 4.78 is 0. The molecule has 0 rings (SSSR count). The van der Waals surface area contributed by atoms with Gasteiger partial charge in [0.15, 0.2) is 0 Å². The number of hydrogen-bond acceptors (Lipinski definition) is 0. The average molecular weight is 299 g/mol. The number of hydrogen-bond donors (Lipinski definition) is 0. The third-order valence-corrected chi connectivity index (χ3v) is 3.39. The zero-order valence-corrected chi connectivity index (χ0v) is 14.5. The van der Waals surface area contributed by atoms with Crippen LogP contribution in [0, 0.1) is 5.92 Å². The monoisotopic (exact) mass is 298 g/mol. The molecule has 0 aromatic carbocycles. The van der Waals surface area contributed by atoms with Crippen LogP contribution < -0.4 is 0 Å². The lowest BCUT2D eigenvalue weighted by Gasteiger charge is -2.04. The van der Waals surface area contributed by atoms with Gasteiger partial charge in [-0.3, -0.25) is 0 Å². The van der Waals surface area contributed by atoms with Crippen molar-refractivity contribution < 1.29 is 0 Å². The van der Waals surface area contributed by atoms with Gasteiger partial charge in [-0.25, -0.2) is 0 Å². The van der Waals surface area contributed by atoms with E-state index in [1.165, 1.54) is 77.0 Å². The molecule has 0 N–H and O–H groups in total. The fraction of sp³-hybridized carbons (Fsp3) is 1.00. The maximum absolute atomic E-state index is 2.33. The van der Waals surface area contributed by atoms with Crippen molar-refractivity contribution in [3.05, 3.63) is 0 Å². The van der Waals surface area contributed by atoms with Crippen LogP contribution in [0.1, 0.15) is 97.8 Å². The zero-order valence-electron chi connectivity index (χ0n) is 12.9. The lowest BCUT2D eigenvalue weighted by molar-refractivity contribution is 0.504. The SMILES string of the molecule is CCCCCCCCCCCCCC(C)C.Cl.Cl. The predicted molar refractivity (Wildman–Crippen MR) is 90.4 cm³/mol. The largest absolute Gasteiger partial charge is 0.147 e. The quantitative estimate of drug-likeness (QED) is 0.335. The highest BCUT2D eigenvalue weighted by Crippen LogP contribution is 2.13. The smallest absolute Gasteiger partial charge is 0.0471 e. The van der Waals surface area contributed by atoms with Gasteiger partial charge in [0.25, 0.3) is 0 Å². The number of halogens is 2. The molecule has 0 nitrogen and oxygen atoms in total. The van der Waals surface area contributed by atoms with E-state index in [2.05, 4.69) is 20.8 Å². The van der Waals surface area contributed by atoms with Gasteiger partial charge in [0.2, 0.25) is 0 Å². The number of rotatable bonds is 12. The summed E-state index contributed by atoms with van der Waals surface area (Å²) in [5, 5.41) is 0. The van der Waals surface area contributed by atoms with Crippen LogP contribution in [0.2, 0.25) is 0 Å². The minimum atomic E-state index is 0. The Morgan fingerprint density at radius 3 is 1.22 bits per heavy atom. The minimum absolute atomic E-state index is 0. The van der Waals surface area contributed by atoms with Crippen LogP contribution in [0.4, 0.5) is 0 Å². The van der Waals surface area contributed by atoms with Crippen molar-refractivity contribution in [2.24, 2.45) is 5.92 Å². The molecule has 0 aliphatic carbocycles. The maximum atomic E-state index is 2.33. The van der Waals surface area contributed by atoms with Gasteiger partial charge in [-0.1, -0.05) is 97.8 Å². The molecule has 0 aliphatic heterocycles. The van der Waals surface area contributed by atoms with Gasteiger partial charge in [-0.2, -0.15) is 0 Å². The van der Waals surface area contributed by atoms with Crippen LogP contribution >= 0.6 is 24.8 Å². The van der Waals surface area contributed by atoms with E-state index in [1.54, 1.807) is 0 Å². The molecule has 0 fully saturated rings. The van der Waals surface area contributed by atoms with Crippen LogP contribution in [0.5, 0.6) is 0 Å². The van der Waals surface area contributed by atoms with Crippen molar-refractivity contribution >= 4 is 24.8 Å². The van der Waals surface area contributed by atoms with Gasteiger partial charge < -0.3 is 0 Å². The summed E-state index contributed by atoms with van der Waals surface area (Å²) >= 11 is 0. The van der Waals surface area contributed by atoms with Crippen molar-refractivity contribution in [3.63, 3.8) is 0 Å². The molecule has 0 saturated heterocycles. The summed E-state index contributed by atoms with van der Waals surface area (Å²) in [5.41, 5.74) is 0. The molecule has 0 radical (unpaired) electrons. The highest BCUT2D eigenvalue weighted by Gasteiger charge is 1.95. The predicted octanol–water partition coefficient (Wildman–Crippen LogP) is 7.19. The van der Waals surface area contributed by atoms with E-state index in [-0.39, 0.29) is 24.8 Å². The van der Waals surface area contributed by atoms with Gasteiger partial charge >= 0.3 is 0 Å². The van der Waals surface area contributed by atoms with Crippen molar-refractivity contribution in [3.8, 4) is 0 Å². The Morgan fingerprint density at radius 1 is 0.556 bits per heavy atom. The van der Waals surface area contributed by atoms with Gasteiger partial charge in [-0.15, -0.1) is 24.8 Å². The second kappa shape index (κ2) is 19.9. The Kier molecular flexibility index (Phi) is 26.2.